The molecular formula is C19H22F2N2O. The number of aromatic nitrogens is 2. The van der Waals surface area contributed by atoms with Crippen LogP contribution in [0.5, 0.6) is 5.75 Å². The lowest BCUT2D eigenvalue weighted by atomic mass is 9.78. The molecule has 1 aromatic carbocycles. The van der Waals surface area contributed by atoms with E-state index in [9.17, 15) is 8.78 Å². The van der Waals surface area contributed by atoms with Crippen LogP contribution in [-0.4, -0.2) is 16.6 Å². The average Bonchev–Trinajstić information content (AvgIpc) is 2.62. The predicted molar refractivity (Wildman–Crippen MR) is 89.1 cm³/mol. The lowest BCUT2D eigenvalue weighted by Gasteiger charge is -2.27. The Morgan fingerprint density at radius 3 is 2.21 bits per heavy atom. The summed E-state index contributed by atoms with van der Waals surface area (Å²) >= 11 is 0. The molecule has 0 unspecified atom stereocenters. The zero-order valence-corrected chi connectivity index (χ0v) is 13.8. The van der Waals surface area contributed by atoms with Crippen LogP contribution in [0.4, 0.5) is 8.78 Å². The van der Waals surface area contributed by atoms with E-state index >= 15 is 0 Å². The molecule has 0 bridgehead atoms. The van der Waals surface area contributed by atoms with Gasteiger partial charge in [-0.2, -0.15) is 8.78 Å². The summed E-state index contributed by atoms with van der Waals surface area (Å²) in [5.74, 6) is 2.17. The van der Waals surface area contributed by atoms with Crippen molar-refractivity contribution in [2.75, 3.05) is 0 Å². The highest BCUT2D eigenvalue weighted by molar-refractivity contribution is 5.56. The maximum Gasteiger partial charge on any atom is 0.387 e. The third kappa shape index (κ3) is 4.08. The molecule has 0 saturated heterocycles. The Morgan fingerprint density at radius 2 is 1.67 bits per heavy atom. The van der Waals surface area contributed by atoms with E-state index in [0.29, 0.717) is 11.7 Å². The fraction of sp³-hybridized carbons (Fsp3) is 0.474. The van der Waals surface area contributed by atoms with Crippen molar-refractivity contribution in [3.05, 3.63) is 42.2 Å². The number of rotatable bonds is 5. The molecule has 0 radical (unpaired) electrons. The summed E-state index contributed by atoms with van der Waals surface area (Å²) in [6.07, 6.45) is 10.1. The Kier molecular flexibility index (Phi) is 5.38. The third-order valence-electron chi connectivity index (χ3n) is 4.91. The van der Waals surface area contributed by atoms with Gasteiger partial charge in [0, 0.05) is 18.0 Å². The summed E-state index contributed by atoms with van der Waals surface area (Å²) < 4.78 is 28.7. The Morgan fingerprint density at radius 1 is 1.04 bits per heavy atom. The molecular weight excluding hydrogens is 310 g/mol. The normalized spacial score (nSPS) is 21.0. The van der Waals surface area contributed by atoms with Gasteiger partial charge in [-0.25, -0.2) is 9.97 Å². The molecule has 0 amide bonds. The minimum absolute atomic E-state index is 0.137. The number of benzene rings is 1. The van der Waals surface area contributed by atoms with Crippen molar-refractivity contribution >= 4 is 0 Å². The molecule has 1 heterocycles. The first-order valence-corrected chi connectivity index (χ1v) is 8.53. The summed E-state index contributed by atoms with van der Waals surface area (Å²) in [4.78, 5) is 8.91. The molecule has 1 saturated carbocycles. The van der Waals surface area contributed by atoms with Gasteiger partial charge in [0.25, 0.3) is 0 Å². The second-order valence-corrected chi connectivity index (χ2v) is 6.37. The van der Waals surface area contributed by atoms with Gasteiger partial charge in [0.05, 0.1) is 0 Å². The molecule has 2 aromatic rings. The largest absolute Gasteiger partial charge is 0.435 e. The highest BCUT2D eigenvalue weighted by Gasteiger charge is 2.21. The fourth-order valence-corrected chi connectivity index (χ4v) is 3.39. The van der Waals surface area contributed by atoms with Gasteiger partial charge in [0.2, 0.25) is 0 Å². The van der Waals surface area contributed by atoms with Crippen molar-refractivity contribution < 1.29 is 13.5 Å². The maximum absolute atomic E-state index is 12.2. The van der Waals surface area contributed by atoms with Crippen molar-refractivity contribution in [1.82, 2.24) is 9.97 Å². The summed E-state index contributed by atoms with van der Waals surface area (Å²) in [7, 11) is 0. The monoisotopic (exact) mass is 332 g/mol. The predicted octanol–water partition coefficient (Wildman–Crippen LogP) is 5.43. The highest BCUT2D eigenvalue weighted by Crippen LogP contribution is 2.36. The molecule has 128 valence electrons. The Hall–Kier alpha value is -2.04. The molecule has 1 aromatic heterocycles. The molecule has 1 aliphatic rings. The van der Waals surface area contributed by atoms with Crippen LogP contribution in [-0.2, 0) is 0 Å². The molecule has 0 spiro atoms. The van der Waals surface area contributed by atoms with Gasteiger partial charge in [-0.15, -0.1) is 0 Å². The van der Waals surface area contributed by atoms with Gasteiger partial charge >= 0.3 is 6.61 Å². The second-order valence-electron chi connectivity index (χ2n) is 6.37. The van der Waals surface area contributed by atoms with E-state index in [0.717, 1.165) is 11.5 Å². The Bertz CT molecular complexity index is 635. The SMILES string of the molecule is CCC1CCC(c2cnc(-c3ccc(OC(F)F)cc3)nc2)CC1. The van der Waals surface area contributed by atoms with Crippen LogP contribution in [0.2, 0.25) is 0 Å². The molecule has 0 N–H and O–H groups in total. The van der Waals surface area contributed by atoms with Gasteiger partial charge in [0.15, 0.2) is 5.82 Å². The van der Waals surface area contributed by atoms with Crippen molar-refractivity contribution in [2.45, 2.75) is 51.6 Å². The van der Waals surface area contributed by atoms with Crippen LogP contribution < -0.4 is 4.74 Å². The van der Waals surface area contributed by atoms with Crippen molar-refractivity contribution in [3.8, 4) is 17.1 Å². The smallest absolute Gasteiger partial charge is 0.387 e. The summed E-state index contributed by atoms with van der Waals surface area (Å²) in [6, 6.07) is 6.40. The summed E-state index contributed by atoms with van der Waals surface area (Å²) in [5, 5.41) is 0. The molecule has 3 rings (SSSR count). The highest BCUT2D eigenvalue weighted by atomic mass is 19.3. The number of alkyl halides is 2. The van der Waals surface area contributed by atoms with E-state index in [1.807, 2.05) is 12.4 Å². The Balaban J connectivity index is 1.66. The van der Waals surface area contributed by atoms with E-state index in [1.54, 1.807) is 12.1 Å². The van der Waals surface area contributed by atoms with Gasteiger partial charge in [0.1, 0.15) is 5.75 Å². The van der Waals surface area contributed by atoms with Crippen LogP contribution in [0.1, 0.15) is 50.5 Å². The van der Waals surface area contributed by atoms with Crippen molar-refractivity contribution in [2.24, 2.45) is 5.92 Å². The quantitative estimate of drug-likeness (QED) is 0.732. The first-order chi connectivity index (χ1) is 11.7. The zero-order valence-electron chi connectivity index (χ0n) is 13.8. The summed E-state index contributed by atoms with van der Waals surface area (Å²) in [6.45, 7) is -0.547. The molecule has 5 heteroatoms. The number of halogens is 2. The number of hydrogen-bond acceptors (Lipinski definition) is 3. The fourth-order valence-electron chi connectivity index (χ4n) is 3.39. The van der Waals surface area contributed by atoms with Gasteiger partial charge < -0.3 is 4.74 Å². The minimum atomic E-state index is -2.81. The van der Waals surface area contributed by atoms with E-state index in [1.165, 1.54) is 49.8 Å². The first-order valence-electron chi connectivity index (χ1n) is 8.53. The van der Waals surface area contributed by atoms with E-state index in [4.69, 9.17) is 0 Å². The number of ether oxygens (including phenoxy) is 1. The lowest BCUT2D eigenvalue weighted by Crippen LogP contribution is -2.13. The van der Waals surface area contributed by atoms with Gasteiger partial charge in [-0.05, 0) is 67.3 Å². The van der Waals surface area contributed by atoms with E-state index in [2.05, 4.69) is 21.6 Å². The number of nitrogens with zero attached hydrogens (tertiary/aromatic N) is 2. The Labute approximate surface area is 141 Å². The molecule has 0 aliphatic heterocycles. The standard InChI is InChI=1S/C19H22F2N2O/c1-2-13-3-5-14(6-4-13)16-11-22-18(23-12-16)15-7-9-17(10-8-15)24-19(20)21/h7-14,19H,2-6H2,1H3. The molecule has 1 fully saturated rings. The van der Waals surface area contributed by atoms with Crippen LogP contribution in [0.15, 0.2) is 36.7 Å². The zero-order chi connectivity index (χ0) is 16.9. The van der Waals surface area contributed by atoms with Crippen LogP contribution in [0, 0.1) is 5.92 Å². The van der Waals surface area contributed by atoms with E-state index < -0.39 is 6.61 Å². The molecule has 0 atom stereocenters. The topological polar surface area (TPSA) is 35.0 Å². The van der Waals surface area contributed by atoms with Gasteiger partial charge in [-0.1, -0.05) is 13.3 Å². The maximum atomic E-state index is 12.2. The van der Waals surface area contributed by atoms with E-state index in [-0.39, 0.29) is 5.75 Å². The van der Waals surface area contributed by atoms with Crippen LogP contribution in [0.3, 0.4) is 0 Å². The van der Waals surface area contributed by atoms with Crippen molar-refractivity contribution in [3.63, 3.8) is 0 Å². The minimum Gasteiger partial charge on any atom is -0.435 e. The average molecular weight is 332 g/mol. The van der Waals surface area contributed by atoms with Gasteiger partial charge in [-0.3, -0.25) is 0 Å². The molecule has 24 heavy (non-hydrogen) atoms. The molecule has 1 aliphatic carbocycles. The number of hydrogen-bond donors (Lipinski definition) is 0. The van der Waals surface area contributed by atoms with Crippen LogP contribution in [0.25, 0.3) is 11.4 Å². The van der Waals surface area contributed by atoms with Crippen LogP contribution >= 0.6 is 0 Å². The lowest BCUT2D eigenvalue weighted by molar-refractivity contribution is -0.0498. The summed E-state index contributed by atoms with van der Waals surface area (Å²) in [5.41, 5.74) is 1.99. The van der Waals surface area contributed by atoms with Crippen molar-refractivity contribution in [1.29, 1.82) is 0 Å². The molecule has 3 nitrogen and oxygen atoms in total. The first kappa shape index (κ1) is 16.8. The second kappa shape index (κ2) is 7.69. The third-order valence-corrected chi connectivity index (χ3v) is 4.91.